The third kappa shape index (κ3) is 7.84. The maximum Gasteiger partial charge on any atom is 0.230 e. The van der Waals surface area contributed by atoms with Gasteiger partial charge in [-0.15, -0.1) is 0 Å². The second kappa shape index (κ2) is 13.3. The number of likely N-dealkylation sites (tertiary alicyclic amines) is 1. The van der Waals surface area contributed by atoms with Crippen LogP contribution in [0.5, 0.6) is 0 Å². The summed E-state index contributed by atoms with van der Waals surface area (Å²) in [4.78, 5) is 36.1. The summed E-state index contributed by atoms with van der Waals surface area (Å²) in [6, 6.07) is 16.3. The van der Waals surface area contributed by atoms with Crippen molar-refractivity contribution in [2.45, 2.75) is 58.0 Å². The molecule has 0 unspecified atom stereocenters. The fourth-order valence-electron chi connectivity index (χ4n) is 6.00. The van der Waals surface area contributed by atoms with E-state index in [1.54, 1.807) is 0 Å². The normalized spacial score (nSPS) is 20.7. The lowest BCUT2D eigenvalue weighted by Gasteiger charge is -2.33. The van der Waals surface area contributed by atoms with Crippen LogP contribution < -0.4 is 4.90 Å². The number of benzene rings is 2. The predicted octanol–water partition coefficient (Wildman–Crippen LogP) is 5.44. The lowest BCUT2D eigenvalue weighted by atomic mass is 9.93. The SMILES string of the molecule is CN1CCC(CC(=O)N2CCCN(Cc3ccc(Cl)cc3)CCCN(C(=O)C3CC3)c3ccccc3C2)CC1. The molecular weight excluding hydrogens is 508 g/mol. The molecule has 0 radical (unpaired) electrons. The minimum atomic E-state index is 0.151. The molecule has 0 bridgehead atoms. The number of amides is 2. The zero-order valence-electron chi connectivity index (χ0n) is 23.4. The number of fused-ring (bicyclic) bond motifs is 1. The van der Waals surface area contributed by atoms with Crippen molar-refractivity contribution in [1.29, 1.82) is 0 Å². The highest BCUT2D eigenvalue weighted by Gasteiger charge is 2.35. The molecule has 2 aromatic carbocycles. The third-order valence-electron chi connectivity index (χ3n) is 8.57. The molecule has 5 rings (SSSR count). The number of rotatable bonds is 5. The molecule has 2 amide bonds. The number of carbonyl (C=O) groups excluding carboxylic acids is 2. The van der Waals surface area contributed by atoms with Gasteiger partial charge in [-0.05, 0) is 93.9 Å². The van der Waals surface area contributed by atoms with Gasteiger partial charge in [0, 0.05) is 62.3 Å². The molecule has 3 aliphatic rings. The fourth-order valence-corrected chi connectivity index (χ4v) is 6.13. The summed E-state index contributed by atoms with van der Waals surface area (Å²) in [6.07, 6.45) is 6.62. The lowest BCUT2D eigenvalue weighted by Crippen LogP contribution is -2.40. The first-order valence-corrected chi connectivity index (χ1v) is 15.2. The highest BCUT2D eigenvalue weighted by molar-refractivity contribution is 6.30. The van der Waals surface area contributed by atoms with Crippen LogP contribution in [0.25, 0.3) is 0 Å². The van der Waals surface area contributed by atoms with E-state index in [4.69, 9.17) is 11.6 Å². The van der Waals surface area contributed by atoms with Crippen LogP contribution in [-0.2, 0) is 22.7 Å². The number of piperidine rings is 1. The predicted molar refractivity (Wildman–Crippen MR) is 158 cm³/mol. The van der Waals surface area contributed by atoms with Crippen LogP contribution in [-0.4, -0.2) is 72.8 Å². The molecule has 1 saturated carbocycles. The van der Waals surface area contributed by atoms with Gasteiger partial charge in [0.05, 0.1) is 0 Å². The van der Waals surface area contributed by atoms with Crippen molar-refractivity contribution in [3.63, 3.8) is 0 Å². The maximum absolute atomic E-state index is 13.7. The molecule has 6 nitrogen and oxygen atoms in total. The van der Waals surface area contributed by atoms with Gasteiger partial charge in [0.1, 0.15) is 0 Å². The van der Waals surface area contributed by atoms with E-state index in [-0.39, 0.29) is 17.7 Å². The number of hydrogen-bond acceptors (Lipinski definition) is 4. The minimum Gasteiger partial charge on any atom is -0.338 e. The molecule has 2 fully saturated rings. The van der Waals surface area contributed by atoms with Crippen molar-refractivity contribution in [2.24, 2.45) is 11.8 Å². The van der Waals surface area contributed by atoms with Gasteiger partial charge < -0.3 is 14.7 Å². The number of nitrogens with zero attached hydrogens (tertiary/aromatic N) is 4. The number of hydrogen-bond donors (Lipinski definition) is 0. The molecule has 210 valence electrons. The highest BCUT2D eigenvalue weighted by Crippen LogP contribution is 2.34. The molecular formula is C32H43ClN4O2. The Balaban J connectivity index is 1.37. The van der Waals surface area contributed by atoms with Gasteiger partial charge in [0.25, 0.3) is 0 Å². The van der Waals surface area contributed by atoms with Gasteiger partial charge in [0.2, 0.25) is 11.8 Å². The van der Waals surface area contributed by atoms with Crippen LogP contribution in [0, 0.1) is 11.8 Å². The summed E-state index contributed by atoms with van der Waals surface area (Å²) >= 11 is 6.12. The largest absolute Gasteiger partial charge is 0.338 e. The fraction of sp³-hybridized carbons (Fsp3) is 0.562. The molecule has 2 heterocycles. The summed E-state index contributed by atoms with van der Waals surface area (Å²) in [7, 11) is 2.16. The van der Waals surface area contributed by atoms with Crippen molar-refractivity contribution in [3.05, 3.63) is 64.7 Å². The van der Waals surface area contributed by atoms with Crippen molar-refractivity contribution in [3.8, 4) is 0 Å². The molecule has 39 heavy (non-hydrogen) atoms. The lowest BCUT2D eigenvalue weighted by molar-refractivity contribution is -0.133. The summed E-state index contributed by atoms with van der Waals surface area (Å²) in [6.45, 7) is 6.79. The van der Waals surface area contributed by atoms with E-state index in [2.05, 4.69) is 46.0 Å². The van der Waals surface area contributed by atoms with Crippen LogP contribution in [0.4, 0.5) is 5.69 Å². The van der Waals surface area contributed by atoms with E-state index in [0.717, 1.165) is 94.1 Å². The van der Waals surface area contributed by atoms with Crippen LogP contribution in [0.2, 0.25) is 5.02 Å². The van der Waals surface area contributed by atoms with Crippen LogP contribution >= 0.6 is 11.6 Å². The van der Waals surface area contributed by atoms with Gasteiger partial charge in [-0.2, -0.15) is 0 Å². The first-order chi connectivity index (χ1) is 19.0. The van der Waals surface area contributed by atoms with Gasteiger partial charge in [-0.1, -0.05) is 41.9 Å². The Kier molecular flexibility index (Phi) is 9.59. The Labute approximate surface area is 238 Å². The maximum atomic E-state index is 13.7. The number of anilines is 1. The molecule has 2 aromatic rings. The van der Waals surface area contributed by atoms with Gasteiger partial charge in [0.15, 0.2) is 0 Å². The smallest absolute Gasteiger partial charge is 0.230 e. The van der Waals surface area contributed by atoms with E-state index >= 15 is 0 Å². The van der Waals surface area contributed by atoms with Crippen LogP contribution in [0.15, 0.2) is 48.5 Å². The van der Waals surface area contributed by atoms with Crippen molar-refractivity contribution in [1.82, 2.24) is 14.7 Å². The molecule has 1 saturated heterocycles. The molecule has 0 N–H and O–H groups in total. The number of carbonyl (C=O) groups is 2. The van der Waals surface area contributed by atoms with E-state index in [9.17, 15) is 9.59 Å². The molecule has 1 aliphatic carbocycles. The monoisotopic (exact) mass is 550 g/mol. The average molecular weight is 551 g/mol. The Morgan fingerprint density at radius 1 is 0.846 bits per heavy atom. The summed E-state index contributed by atoms with van der Waals surface area (Å²) in [5, 5.41) is 0.749. The van der Waals surface area contributed by atoms with Crippen molar-refractivity contribution in [2.75, 3.05) is 51.2 Å². The topological polar surface area (TPSA) is 47.1 Å². The van der Waals surface area contributed by atoms with E-state index in [0.29, 0.717) is 25.4 Å². The summed E-state index contributed by atoms with van der Waals surface area (Å²) in [5.41, 5.74) is 3.30. The zero-order valence-corrected chi connectivity index (χ0v) is 24.1. The van der Waals surface area contributed by atoms with Crippen molar-refractivity contribution < 1.29 is 9.59 Å². The molecule has 0 aromatic heterocycles. The second-order valence-electron chi connectivity index (χ2n) is 11.8. The minimum absolute atomic E-state index is 0.151. The Hall–Kier alpha value is -2.41. The molecule has 7 heteroatoms. The van der Waals surface area contributed by atoms with Gasteiger partial charge >= 0.3 is 0 Å². The summed E-state index contributed by atoms with van der Waals surface area (Å²) in [5.74, 6) is 1.10. The molecule has 2 aliphatic heterocycles. The van der Waals surface area contributed by atoms with Crippen molar-refractivity contribution >= 4 is 29.1 Å². The first kappa shape index (κ1) is 28.1. The standard InChI is InChI=1S/C32H43ClN4O2/c1-34-20-14-25(15-21-34)22-31(38)36-18-4-16-35(23-26-8-12-29(33)13-9-26)17-5-19-37(32(39)27-10-11-27)30-7-3-2-6-28(30)24-36/h2-3,6-9,12-13,25,27H,4-5,10-11,14-24H2,1H3. The van der Waals surface area contributed by atoms with Crippen LogP contribution in [0.1, 0.15) is 56.1 Å². The number of para-hydroxylation sites is 1. The third-order valence-corrected chi connectivity index (χ3v) is 8.82. The second-order valence-corrected chi connectivity index (χ2v) is 12.2. The quantitative estimate of drug-likeness (QED) is 0.497. The van der Waals surface area contributed by atoms with E-state index in [1.807, 2.05) is 29.2 Å². The highest BCUT2D eigenvalue weighted by atomic mass is 35.5. The van der Waals surface area contributed by atoms with Gasteiger partial charge in [-0.25, -0.2) is 0 Å². The molecule has 0 atom stereocenters. The Bertz CT molecular complexity index is 1110. The first-order valence-electron chi connectivity index (χ1n) is 14.8. The average Bonchev–Trinajstić information content (AvgIpc) is 3.78. The van der Waals surface area contributed by atoms with E-state index < -0.39 is 0 Å². The van der Waals surface area contributed by atoms with Crippen LogP contribution in [0.3, 0.4) is 0 Å². The number of halogens is 1. The Morgan fingerprint density at radius 2 is 1.54 bits per heavy atom. The molecule has 0 spiro atoms. The van der Waals surface area contributed by atoms with E-state index in [1.165, 1.54) is 5.56 Å². The zero-order chi connectivity index (χ0) is 27.2. The van der Waals surface area contributed by atoms with Gasteiger partial charge in [-0.3, -0.25) is 14.5 Å². The summed E-state index contributed by atoms with van der Waals surface area (Å²) < 4.78 is 0. The Morgan fingerprint density at radius 3 is 2.26 bits per heavy atom.